The highest BCUT2D eigenvalue weighted by Gasteiger charge is 2.19. The van der Waals surface area contributed by atoms with E-state index in [1.807, 2.05) is 25.1 Å². The first-order valence-electron chi connectivity index (χ1n) is 5.33. The van der Waals surface area contributed by atoms with Gasteiger partial charge >= 0.3 is 5.97 Å². The normalized spacial score (nSPS) is 12.2. The molecule has 0 saturated heterocycles. The molecule has 0 bridgehead atoms. The van der Waals surface area contributed by atoms with Gasteiger partial charge in [0, 0.05) is 0 Å². The molecule has 0 aliphatic rings. The molecule has 2 nitrogen and oxygen atoms in total. The Balaban J connectivity index is 2.93. The van der Waals surface area contributed by atoms with Crippen LogP contribution in [0.5, 0.6) is 0 Å². The molecule has 1 atom stereocenters. The zero-order valence-electron chi connectivity index (χ0n) is 9.62. The molecule has 15 heavy (non-hydrogen) atoms. The molecule has 82 valence electrons. The highest BCUT2D eigenvalue weighted by Crippen LogP contribution is 2.23. The average Bonchev–Trinajstić information content (AvgIpc) is 2.25. The van der Waals surface area contributed by atoms with Crippen LogP contribution in [0.25, 0.3) is 0 Å². The second kappa shape index (κ2) is 5.54. The van der Waals surface area contributed by atoms with E-state index < -0.39 is 0 Å². The highest BCUT2D eigenvalue weighted by atomic mass is 16.5. The van der Waals surface area contributed by atoms with E-state index in [0.29, 0.717) is 0 Å². The van der Waals surface area contributed by atoms with Crippen LogP contribution in [-0.4, -0.2) is 13.1 Å². The zero-order chi connectivity index (χ0) is 11.3. The van der Waals surface area contributed by atoms with E-state index in [1.165, 1.54) is 12.7 Å². The van der Waals surface area contributed by atoms with Gasteiger partial charge in [0.2, 0.25) is 0 Å². The van der Waals surface area contributed by atoms with Crippen LogP contribution in [0.4, 0.5) is 0 Å². The molecular formula is C13H18O2. The fourth-order valence-corrected chi connectivity index (χ4v) is 1.74. The molecule has 0 fully saturated rings. The molecular weight excluding hydrogens is 188 g/mol. The van der Waals surface area contributed by atoms with Crippen LogP contribution < -0.4 is 0 Å². The summed E-state index contributed by atoms with van der Waals surface area (Å²) in [6, 6.07) is 8.06. The molecule has 0 aliphatic carbocycles. The Labute approximate surface area is 91.3 Å². The van der Waals surface area contributed by atoms with Gasteiger partial charge in [0.25, 0.3) is 0 Å². The zero-order valence-corrected chi connectivity index (χ0v) is 9.62. The topological polar surface area (TPSA) is 26.3 Å². The summed E-state index contributed by atoms with van der Waals surface area (Å²) in [5.41, 5.74) is 2.24. The van der Waals surface area contributed by atoms with Crippen molar-refractivity contribution in [2.24, 2.45) is 0 Å². The number of hydrogen-bond donors (Lipinski definition) is 0. The van der Waals surface area contributed by atoms with Crippen LogP contribution >= 0.6 is 0 Å². The molecule has 0 N–H and O–H groups in total. The molecule has 0 heterocycles. The molecule has 2 heteroatoms. The van der Waals surface area contributed by atoms with E-state index in [1.54, 1.807) is 0 Å². The molecule has 1 unspecified atom stereocenters. The third-order valence-corrected chi connectivity index (χ3v) is 2.51. The van der Waals surface area contributed by atoms with Gasteiger partial charge in [-0.1, -0.05) is 43.2 Å². The predicted octanol–water partition coefficient (Wildman–Crippen LogP) is 3.05. The second-order valence-corrected chi connectivity index (χ2v) is 3.78. The minimum atomic E-state index is -0.137. The van der Waals surface area contributed by atoms with Crippen LogP contribution in [0.1, 0.15) is 36.8 Å². The molecule has 1 rings (SSSR count). The molecule has 0 saturated carbocycles. The highest BCUT2D eigenvalue weighted by molar-refractivity contribution is 5.78. The van der Waals surface area contributed by atoms with Crippen LogP contribution in [0, 0.1) is 6.92 Å². The first-order valence-corrected chi connectivity index (χ1v) is 5.33. The van der Waals surface area contributed by atoms with Crippen molar-refractivity contribution in [3.63, 3.8) is 0 Å². The summed E-state index contributed by atoms with van der Waals surface area (Å²) in [5, 5.41) is 0. The Kier molecular flexibility index (Phi) is 4.35. The lowest BCUT2D eigenvalue weighted by molar-refractivity contribution is -0.142. The van der Waals surface area contributed by atoms with Crippen molar-refractivity contribution in [2.45, 2.75) is 32.6 Å². The average molecular weight is 206 g/mol. The van der Waals surface area contributed by atoms with Crippen molar-refractivity contribution in [3.8, 4) is 0 Å². The summed E-state index contributed by atoms with van der Waals surface area (Å²) < 4.78 is 4.82. The number of carbonyl (C=O) groups is 1. The molecule has 0 spiro atoms. The Morgan fingerprint density at radius 3 is 2.73 bits per heavy atom. The van der Waals surface area contributed by atoms with Gasteiger partial charge in [0.15, 0.2) is 0 Å². The largest absolute Gasteiger partial charge is 0.469 e. The lowest BCUT2D eigenvalue weighted by atomic mass is 9.93. The third kappa shape index (κ3) is 3.08. The van der Waals surface area contributed by atoms with Crippen molar-refractivity contribution in [1.82, 2.24) is 0 Å². The fourth-order valence-electron chi connectivity index (χ4n) is 1.74. The molecule has 1 aromatic rings. The molecule has 1 aromatic carbocycles. The summed E-state index contributed by atoms with van der Waals surface area (Å²) in [5.74, 6) is -0.248. The predicted molar refractivity (Wildman–Crippen MR) is 60.8 cm³/mol. The number of hydrogen-bond acceptors (Lipinski definition) is 2. The van der Waals surface area contributed by atoms with E-state index in [-0.39, 0.29) is 11.9 Å². The van der Waals surface area contributed by atoms with Gasteiger partial charge in [0.05, 0.1) is 13.0 Å². The van der Waals surface area contributed by atoms with Gasteiger partial charge in [0.1, 0.15) is 0 Å². The SMILES string of the molecule is CCCC(C(=O)OC)c1cccc(C)c1. The fraction of sp³-hybridized carbons (Fsp3) is 0.462. The van der Waals surface area contributed by atoms with Gasteiger partial charge in [-0.3, -0.25) is 4.79 Å². The first-order chi connectivity index (χ1) is 7.19. The summed E-state index contributed by atoms with van der Waals surface area (Å²) in [4.78, 5) is 11.6. The Morgan fingerprint density at radius 1 is 1.47 bits per heavy atom. The van der Waals surface area contributed by atoms with E-state index >= 15 is 0 Å². The lowest BCUT2D eigenvalue weighted by Crippen LogP contribution is -2.14. The van der Waals surface area contributed by atoms with Gasteiger partial charge in [-0.2, -0.15) is 0 Å². The minimum absolute atomic E-state index is 0.111. The van der Waals surface area contributed by atoms with Crippen molar-refractivity contribution < 1.29 is 9.53 Å². The molecule has 0 amide bonds. The Bertz CT molecular complexity index is 331. The number of benzene rings is 1. The maximum absolute atomic E-state index is 11.6. The minimum Gasteiger partial charge on any atom is -0.469 e. The van der Waals surface area contributed by atoms with Crippen LogP contribution in [0.2, 0.25) is 0 Å². The van der Waals surface area contributed by atoms with E-state index in [9.17, 15) is 4.79 Å². The van der Waals surface area contributed by atoms with Crippen molar-refractivity contribution in [1.29, 1.82) is 0 Å². The van der Waals surface area contributed by atoms with Crippen LogP contribution in [0.3, 0.4) is 0 Å². The van der Waals surface area contributed by atoms with Gasteiger partial charge in [-0.15, -0.1) is 0 Å². The maximum Gasteiger partial charge on any atom is 0.313 e. The van der Waals surface area contributed by atoms with E-state index in [0.717, 1.165) is 18.4 Å². The lowest BCUT2D eigenvalue weighted by Gasteiger charge is -2.14. The summed E-state index contributed by atoms with van der Waals surface area (Å²) >= 11 is 0. The summed E-state index contributed by atoms with van der Waals surface area (Å²) in [6.45, 7) is 4.11. The summed E-state index contributed by atoms with van der Waals surface area (Å²) in [6.07, 6.45) is 1.82. The summed E-state index contributed by atoms with van der Waals surface area (Å²) in [7, 11) is 1.45. The van der Waals surface area contributed by atoms with Crippen molar-refractivity contribution in [2.75, 3.05) is 7.11 Å². The van der Waals surface area contributed by atoms with Crippen LogP contribution in [-0.2, 0) is 9.53 Å². The number of esters is 1. The number of methoxy groups -OCH3 is 1. The van der Waals surface area contributed by atoms with E-state index in [2.05, 4.69) is 13.0 Å². The number of carbonyl (C=O) groups excluding carboxylic acids is 1. The Morgan fingerprint density at radius 2 is 2.20 bits per heavy atom. The van der Waals surface area contributed by atoms with Gasteiger partial charge in [-0.05, 0) is 18.9 Å². The van der Waals surface area contributed by atoms with Crippen molar-refractivity contribution >= 4 is 5.97 Å². The van der Waals surface area contributed by atoms with Crippen molar-refractivity contribution in [3.05, 3.63) is 35.4 Å². The molecule has 0 radical (unpaired) electrons. The van der Waals surface area contributed by atoms with Crippen LogP contribution in [0.15, 0.2) is 24.3 Å². The van der Waals surface area contributed by atoms with Gasteiger partial charge < -0.3 is 4.74 Å². The number of rotatable bonds is 4. The van der Waals surface area contributed by atoms with E-state index in [4.69, 9.17) is 4.74 Å². The Hall–Kier alpha value is -1.31. The monoisotopic (exact) mass is 206 g/mol. The smallest absolute Gasteiger partial charge is 0.313 e. The standard InChI is InChI=1S/C13H18O2/c1-4-6-12(13(14)15-3)11-8-5-7-10(2)9-11/h5,7-9,12H,4,6H2,1-3H3. The number of aryl methyl sites for hydroxylation is 1. The first kappa shape index (κ1) is 11.8. The third-order valence-electron chi connectivity index (χ3n) is 2.51. The molecule has 0 aliphatic heterocycles. The maximum atomic E-state index is 11.6. The molecule has 0 aromatic heterocycles. The quantitative estimate of drug-likeness (QED) is 0.708. The van der Waals surface area contributed by atoms with Gasteiger partial charge in [-0.25, -0.2) is 0 Å². The number of ether oxygens (including phenoxy) is 1. The second-order valence-electron chi connectivity index (χ2n) is 3.78.